The highest BCUT2D eigenvalue weighted by atomic mass is 16.5. The Bertz CT molecular complexity index is 1110. The minimum atomic E-state index is -0.696. The molecule has 0 aromatic heterocycles. The second-order valence-electron chi connectivity index (χ2n) is 9.08. The van der Waals surface area contributed by atoms with Crippen molar-refractivity contribution >= 4 is 35.1 Å². The van der Waals surface area contributed by atoms with Gasteiger partial charge in [-0.3, -0.25) is 19.3 Å². The van der Waals surface area contributed by atoms with Crippen molar-refractivity contribution < 1.29 is 23.9 Å². The number of hydrogen-bond donors (Lipinski definition) is 1. The maximum absolute atomic E-state index is 13.0. The number of ether oxygens (including phenoxy) is 1. The molecule has 2 fully saturated rings. The predicted octanol–water partition coefficient (Wildman–Crippen LogP) is 4.02. The molecule has 7 heteroatoms. The van der Waals surface area contributed by atoms with Gasteiger partial charge < -0.3 is 10.1 Å². The van der Waals surface area contributed by atoms with Crippen LogP contribution >= 0.6 is 0 Å². The van der Waals surface area contributed by atoms with Crippen molar-refractivity contribution in [3.63, 3.8) is 0 Å². The van der Waals surface area contributed by atoms with Crippen molar-refractivity contribution in [2.75, 3.05) is 16.8 Å². The molecule has 3 amide bonds. The van der Waals surface area contributed by atoms with Crippen LogP contribution in [0.25, 0.3) is 0 Å². The lowest BCUT2D eigenvalue weighted by molar-refractivity contribution is -0.122. The number of benzene rings is 2. The molecule has 0 bridgehead atoms. The van der Waals surface area contributed by atoms with Crippen LogP contribution in [0.1, 0.15) is 47.7 Å². The van der Waals surface area contributed by atoms with E-state index in [-0.39, 0.29) is 29.2 Å². The molecule has 1 N–H and O–H groups in total. The van der Waals surface area contributed by atoms with Gasteiger partial charge >= 0.3 is 5.97 Å². The number of esters is 1. The minimum Gasteiger partial charge on any atom is -0.452 e. The number of nitrogens with zero attached hydrogens (tertiary/aromatic N) is 1. The van der Waals surface area contributed by atoms with Gasteiger partial charge in [0.1, 0.15) is 0 Å². The SMILES string of the molecule is Cc1cccc(C)c1NC(=O)COC(=O)c1cccc(N2C(=O)[C@H]3C[C@@H](C)CC[C@H]3C2=O)c1. The first-order valence-corrected chi connectivity index (χ1v) is 11.3. The number of anilines is 2. The molecule has 1 aliphatic heterocycles. The Hall–Kier alpha value is -3.48. The quantitative estimate of drug-likeness (QED) is 0.551. The summed E-state index contributed by atoms with van der Waals surface area (Å²) < 4.78 is 5.18. The number of fused-ring (bicyclic) bond motifs is 1. The summed E-state index contributed by atoms with van der Waals surface area (Å²) in [6, 6.07) is 11.9. The number of nitrogens with one attached hydrogen (secondary N) is 1. The number of aryl methyl sites for hydroxylation is 2. The zero-order valence-electron chi connectivity index (χ0n) is 19.1. The number of rotatable bonds is 5. The lowest BCUT2D eigenvalue weighted by atomic mass is 9.76. The summed E-state index contributed by atoms with van der Waals surface area (Å²) in [5.74, 6) is -1.69. The van der Waals surface area contributed by atoms with Crippen molar-refractivity contribution in [2.45, 2.75) is 40.0 Å². The number of hydrogen-bond acceptors (Lipinski definition) is 5. The number of carbonyl (C=O) groups is 4. The molecular formula is C26H28N2O5. The van der Waals surface area contributed by atoms with E-state index in [2.05, 4.69) is 12.2 Å². The highest BCUT2D eigenvalue weighted by molar-refractivity contribution is 6.22. The Balaban J connectivity index is 1.42. The average molecular weight is 449 g/mol. The second kappa shape index (κ2) is 9.17. The lowest BCUT2D eigenvalue weighted by Gasteiger charge is -2.25. The van der Waals surface area contributed by atoms with Crippen LogP contribution in [0.15, 0.2) is 42.5 Å². The van der Waals surface area contributed by atoms with Crippen LogP contribution in [-0.2, 0) is 19.1 Å². The molecule has 4 rings (SSSR count). The Kier molecular flexibility index (Phi) is 6.31. The maximum atomic E-state index is 13.0. The summed E-state index contributed by atoms with van der Waals surface area (Å²) in [5, 5.41) is 2.77. The molecule has 1 heterocycles. The summed E-state index contributed by atoms with van der Waals surface area (Å²) in [5.41, 5.74) is 3.06. The number of amides is 3. The van der Waals surface area contributed by atoms with Crippen molar-refractivity contribution in [1.29, 1.82) is 0 Å². The fourth-order valence-corrected chi connectivity index (χ4v) is 4.82. The molecule has 1 saturated carbocycles. The van der Waals surface area contributed by atoms with Crippen LogP contribution < -0.4 is 10.2 Å². The molecule has 1 aliphatic carbocycles. The van der Waals surface area contributed by atoms with Crippen LogP contribution in [0.3, 0.4) is 0 Å². The molecule has 2 aliphatic rings. The van der Waals surface area contributed by atoms with Crippen molar-refractivity contribution in [3.05, 3.63) is 59.2 Å². The molecule has 3 atom stereocenters. The third-order valence-corrected chi connectivity index (χ3v) is 6.61. The van der Waals surface area contributed by atoms with Gasteiger partial charge in [0.05, 0.1) is 23.1 Å². The minimum absolute atomic E-state index is 0.177. The molecule has 0 radical (unpaired) electrons. The first kappa shape index (κ1) is 22.7. The van der Waals surface area contributed by atoms with Crippen LogP contribution in [0.2, 0.25) is 0 Å². The Labute approximate surface area is 193 Å². The van der Waals surface area contributed by atoms with E-state index >= 15 is 0 Å². The van der Waals surface area contributed by atoms with Gasteiger partial charge in [-0.2, -0.15) is 0 Å². The van der Waals surface area contributed by atoms with Gasteiger partial charge in [-0.15, -0.1) is 0 Å². The van der Waals surface area contributed by atoms with Crippen molar-refractivity contribution in [2.24, 2.45) is 17.8 Å². The highest BCUT2D eigenvalue weighted by Gasteiger charge is 2.50. The van der Waals surface area contributed by atoms with E-state index < -0.39 is 18.5 Å². The van der Waals surface area contributed by atoms with Crippen molar-refractivity contribution in [3.8, 4) is 0 Å². The second-order valence-corrected chi connectivity index (χ2v) is 9.08. The van der Waals surface area contributed by atoms with Crippen LogP contribution in [-0.4, -0.2) is 30.3 Å². The summed E-state index contributed by atoms with van der Waals surface area (Å²) >= 11 is 0. The first-order chi connectivity index (χ1) is 15.8. The molecule has 2 aromatic carbocycles. The van der Waals surface area contributed by atoms with E-state index in [1.807, 2.05) is 32.0 Å². The monoisotopic (exact) mass is 448 g/mol. The molecule has 0 unspecified atom stereocenters. The highest BCUT2D eigenvalue weighted by Crippen LogP contribution is 2.42. The van der Waals surface area contributed by atoms with E-state index in [0.29, 0.717) is 30.1 Å². The standard InChI is InChI=1S/C26H28N2O5/c1-15-10-11-20-21(12-15)25(31)28(24(20)30)19-9-5-8-18(13-19)26(32)33-14-22(29)27-23-16(2)6-4-7-17(23)3/h4-9,13,15,20-21H,10-12,14H2,1-3H3,(H,27,29)/t15-,20+,21-/m0/s1. The van der Waals surface area contributed by atoms with Gasteiger partial charge in [0.15, 0.2) is 6.61 Å². The normalized spacial score (nSPS) is 22.2. The van der Waals surface area contributed by atoms with E-state index in [1.54, 1.807) is 12.1 Å². The Morgan fingerprint density at radius 3 is 2.39 bits per heavy atom. The predicted molar refractivity (Wildman–Crippen MR) is 124 cm³/mol. The lowest BCUT2D eigenvalue weighted by Crippen LogP contribution is -2.31. The molecule has 0 spiro atoms. The first-order valence-electron chi connectivity index (χ1n) is 11.3. The van der Waals surface area contributed by atoms with Gasteiger partial charge in [0.25, 0.3) is 5.91 Å². The summed E-state index contributed by atoms with van der Waals surface area (Å²) in [6.07, 6.45) is 2.36. The topological polar surface area (TPSA) is 92.8 Å². The molecule has 33 heavy (non-hydrogen) atoms. The van der Waals surface area contributed by atoms with Gasteiger partial charge in [-0.1, -0.05) is 31.2 Å². The molecular weight excluding hydrogens is 420 g/mol. The average Bonchev–Trinajstić information content (AvgIpc) is 3.04. The van der Waals surface area contributed by atoms with E-state index in [9.17, 15) is 19.2 Å². The van der Waals surface area contributed by atoms with E-state index in [0.717, 1.165) is 17.5 Å². The van der Waals surface area contributed by atoms with Gasteiger partial charge in [0.2, 0.25) is 11.8 Å². The summed E-state index contributed by atoms with van der Waals surface area (Å²) in [4.78, 5) is 51.9. The summed E-state index contributed by atoms with van der Waals surface area (Å²) in [7, 11) is 0. The fraction of sp³-hybridized carbons (Fsp3) is 0.385. The maximum Gasteiger partial charge on any atom is 0.338 e. The Morgan fingerprint density at radius 1 is 1.00 bits per heavy atom. The van der Waals surface area contributed by atoms with Crippen molar-refractivity contribution in [1.82, 2.24) is 0 Å². The molecule has 2 aromatic rings. The number of imide groups is 1. The van der Waals surface area contributed by atoms with Gasteiger partial charge in [-0.05, 0) is 68.4 Å². The fourth-order valence-electron chi connectivity index (χ4n) is 4.82. The van der Waals surface area contributed by atoms with Gasteiger partial charge in [-0.25, -0.2) is 4.79 Å². The zero-order chi connectivity index (χ0) is 23.7. The third-order valence-electron chi connectivity index (χ3n) is 6.61. The Morgan fingerprint density at radius 2 is 1.67 bits per heavy atom. The number of carbonyl (C=O) groups excluding carboxylic acids is 4. The van der Waals surface area contributed by atoms with Crippen LogP contribution in [0.5, 0.6) is 0 Å². The van der Waals surface area contributed by atoms with Gasteiger partial charge in [0, 0.05) is 5.69 Å². The molecule has 7 nitrogen and oxygen atoms in total. The van der Waals surface area contributed by atoms with Crippen LogP contribution in [0, 0.1) is 31.6 Å². The largest absolute Gasteiger partial charge is 0.452 e. The number of para-hydroxylation sites is 1. The van der Waals surface area contributed by atoms with E-state index in [1.165, 1.54) is 17.0 Å². The third kappa shape index (κ3) is 4.53. The summed E-state index contributed by atoms with van der Waals surface area (Å²) in [6.45, 7) is 5.43. The van der Waals surface area contributed by atoms with E-state index in [4.69, 9.17) is 4.74 Å². The zero-order valence-corrected chi connectivity index (χ0v) is 19.1. The molecule has 1 saturated heterocycles. The molecule has 172 valence electrons. The smallest absolute Gasteiger partial charge is 0.338 e. The van der Waals surface area contributed by atoms with Crippen LogP contribution in [0.4, 0.5) is 11.4 Å².